The molecule has 0 bridgehead atoms. The molecule has 0 fully saturated rings. The Balaban J connectivity index is 2.20. The molecule has 1 aliphatic heterocycles. The summed E-state index contributed by atoms with van der Waals surface area (Å²) in [6.45, 7) is 1.82. The van der Waals surface area contributed by atoms with E-state index in [4.69, 9.17) is 9.47 Å². The number of fused-ring (bicyclic) bond motifs is 1. The predicted octanol–water partition coefficient (Wildman–Crippen LogP) is 3.37. The van der Waals surface area contributed by atoms with Gasteiger partial charge in [0.2, 0.25) is 0 Å². The van der Waals surface area contributed by atoms with E-state index in [0.717, 1.165) is 5.56 Å². The Bertz CT molecular complexity index is 898. The molecule has 1 atom stereocenters. The summed E-state index contributed by atoms with van der Waals surface area (Å²) >= 11 is 0. The van der Waals surface area contributed by atoms with E-state index in [1.807, 2.05) is 6.92 Å². The van der Waals surface area contributed by atoms with Gasteiger partial charge in [-0.25, -0.2) is 12.8 Å². The van der Waals surface area contributed by atoms with Gasteiger partial charge in [-0.2, -0.15) is 0 Å². The van der Waals surface area contributed by atoms with Gasteiger partial charge in [-0.1, -0.05) is 6.07 Å². The molecule has 2 aromatic rings. The average molecular weight is 365 g/mol. The first-order valence-electron chi connectivity index (χ1n) is 7.93. The number of hydrogen-bond donors (Lipinski definition) is 0. The number of sulfonamides is 1. The van der Waals surface area contributed by atoms with E-state index >= 15 is 0 Å². The highest BCUT2D eigenvalue weighted by Crippen LogP contribution is 2.39. The van der Waals surface area contributed by atoms with Gasteiger partial charge in [-0.05, 0) is 49.6 Å². The number of aryl methyl sites for hydroxylation is 1. The molecular formula is C18H20FNO4S. The topological polar surface area (TPSA) is 55.8 Å². The highest BCUT2D eigenvalue weighted by Gasteiger charge is 2.36. The molecule has 1 aliphatic rings. The van der Waals surface area contributed by atoms with E-state index in [-0.39, 0.29) is 16.7 Å². The van der Waals surface area contributed by atoms with Crippen molar-refractivity contribution in [1.82, 2.24) is 0 Å². The number of halogens is 1. The third-order valence-electron chi connectivity index (χ3n) is 4.42. The van der Waals surface area contributed by atoms with Crippen LogP contribution in [0.2, 0.25) is 0 Å². The zero-order valence-corrected chi connectivity index (χ0v) is 15.1. The van der Waals surface area contributed by atoms with Crippen molar-refractivity contribution in [2.45, 2.75) is 30.7 Å². The summed E-state index contributed by atoms with van der Waals surface area (Å²) in [7, 11) is -1.08. The van der Waals surface area contributed by atoms with Gasteiger partial charge in [0.15, 0.2) is 0 Å². The highest BCUT2D eigenvalue weighted by atomic mass is 32.2. The van der Waals surface area contributed by atoms with E-state index in [1.165, 1.54) is 36.7 Å². The SMILES string of the molecule is COc1ccc(OC)c(S(=O)(=O)N2c3cc(F)ccc3CC[C@@H]2C)c1. The first-order valence-corrected chi connectivity index (χ1v) is 9.37. The Kier molecular flexibility index (Phi) is 4.60. The van der Waals surface area contributed by atoms with Gasteiger partial charge in [0.05, 0.1) is 19.9 Å². The number of benzene rings is 2. The molecule has 0 spiro atoms. The molecule has 0 saturated heterocycles. The van der Waals surface area contributed by atoms with Crippen LogP contribution < -0.4 is 13.8 Å². The summed E-state index contributed by atoms with van der Waals surface area (Å²) in [6, 6.07) is 8.57. The molecule has 1 heterocycles. The zero-order valence-electron chi connectivity index (χ0n) is 14.3. The minimum absolute atomic E-state index is 0.00156. The fraction of sp³-hybridized carbons (Fsp3) is 0.333. The largest absolute Gasteiger partial charge is 0.497 e. The molecule has 0 saturated carbocycles. The Morgan fingerprint density at radius 2 is 1.88 bits per heavy atom. The van der Waals surface area contributed by atoms with Gasteiger partial charge in [0, 0.05) is 12.1 Å². The van der Waals surface area contributed by atoms with Crippen LogP contribution in [0.5, 0.6) is 11.5 Å². The van der Waals surface area contributed by atoms with Crippen molar-refractivity contribution < 1.29 is 22.3 Å². The van der Waals surface area contributed by atoms with Gasteiger partial charge >= 0.3 is 0 Å². The van der Waals surface area contributed by atoms with E-state index in [1.54, 1.807) is 18.2 Å². The van der Waals surface area contributed by atoms with Gasteiger partial charge in [-0.15, -0.1) is 0 Å². The fourth-order valence-electron chi connectivity index (χ4n) is 3.13. The summed E-state index contributed by atoms with van der Waals surface area (Å²) in [5, 5.41) is 0. The van der Waals surface area contributed by atoms with Crippen molar-refractivity contribution in [1.29, 1.82) is 0 Å². The fourth-order valence-corrected chi connectivity index (χ4v) is 5.02. The van der Waals surface area contributed by atoms with Crippen molar-refractivity contribution in [3.8, 4) is 11.5 Å². The van der Waals surface area contributed by atoms with Gasteiger partial charge in [0.1, 0.15) is 22.2 Å². The van der Waals surface area contributed by atoms with Crippen LogP contribution in [0.3, 0.4) is 0 Å². The molecule has 5 nitrogen and oxygen atoms in total. The quantitative estimate of drug-likeness (QED) is 0.834. The lowest BCUT2D eigenvalue weighted by Gasteiger charge is -2.36. The van der Waals surface area contributed by atoms with Gasteiger partial charge in [-0.3, -0.25) is 4.31 Å². The standard InChI is InChI=1S/C18H20FNO4S/c1-12-4-5-13-6-7-14(19)10-16(13)20(12)25(21,22)18-11-15(23-2)8-9-17(18)24-3/h6-12H,4-5H2,1-3H3/t12-/m0/s1. The maximum atomic E-state index is 13.8. The second kappa shape index (κ2) is 6.55. The Morgan fingerprint density at radius 3 is 2.56 bits per heavy atom. The number of rotatable bonds is 4. The monoisotopic (exact) mass is 365 g/mol. The lowest BCUT2D eigenvalue weighted by atomic mass is 9.99. The number of nitrogens with zero attached hydrogens (tertiary/aromatic N) is 1. The van der Waals surface area contributed by atoms with Crippen LogP contribution in [0.1, 0.15) is 18.9 Å². The summed E-state index contributed by atoms with van der Waals surface area (Å²) in [4.78, 5) is -0.00156. The van der Waals surface area contributed by atoms with Crippen molar-refractivity contribution >= 4 is 15.7 Å². The minimum Gasteiger partial charge on any atom is -0.497 e. The van der Waals surface area contributed by atoms with Gasteiger partial charge < -0.3 is 9.47 Å². The van der Waals surface area contributed by atoms with E-state index in [2.05, 4.69) is 0 Å². The van der Waals surface area contributed by atoms with Crippen molar-refractivity contribution in [3.63, 3.8) is 0 Å². The first-order chi connectivity index (χ1) is 11.9. The van der Waals surface area contributed by atoms with E-state index < -0.39 is 15.8 Å². The van der Waals surface area contributed by atoms with Crippen molar-refractivity contribution in [2.24, 2.45) is 0 Å². The van der Waals surface area contributed by atoms with Crippen LogP contribution in [0, 0.1) is 5.82 Å². The summed E-state index contributed by atoms with van der Waals surface area (Å²) in [6.07, 6.45) is 1.36. The molecular weight excluding hydrogens is 345 g/mol. The molecule has 2 aromatic carbocycles. The van der Waals surface area contributed by atoms with Crippen molar-refractivity contribution in [3.05, 3.63) is 47.8 Å². The van der Waals surface area contributed by atoms with Crippen LogP contribution in [-0.2, 0) is 16.4 Å². The number of methoxy groups -OCH3 is 2. The predicted molar refractivity (Wildman–Crippen MR) is 93.4 cm³/mol. The van der Waals surface area contributed by atoms with Crippen LogP contribution in [0.15, 0.2) is 41.3 Å². The highest BCUT2D eigenvalue weighted by molar-refractivity contribution is 7.93. The minimum atomic E-state index is -3.96. The molecule has 7 heteroatoms. The normalized spacial score (nSPS) is 17.1. The Labute approximate surface area is 147 Å². The molecule has 0 radical (unpaired) electrons. The van der Waals surface area contributed by atoms with Gasteiger partial charge in [0.25, 0.3) is 10.0 Å². The van der Waals surface area contributed by atoms with Crippen LogP contribution >= 0.6 is 0 Å². The number of ether oxygens (including phenoxy) is 2. The Morgan fingerprint density at radius 1 is 1.12 bits per heavy atom. The lowest BCUT2D eigenvalue weighted by molar-refractivity contribution is 0.392. The van der Waals surface area contributed by atoms with E-state index in [0.29, 0.717) is 24.3 Å². The molecule has 3 rings (SSSR count). The molecule has 134 valence electrons. The molecule has 0 aliphatic carbocycles. The number of anilines is 1. The first kappa shape index (κ1) is 17.5. The second-order valence-corrected chi connectivity index (χ2v) is 7.76. The number of hydrogen-bond acceptors (Lipinski definition) is 4. The molecule has 0 unspecified atom stereocenters. The molecule has 0 amide bonds. The third kappa shape index (κ3) is 3.04. The second-order valence-electron chi connectivity index (χ2n) is 5.98. The summed E-state index contributed by atoms with van der Waals surface area (Å²) in [5.41, 5.74) is 1.19. The van der Waals surface area contributed by atoms with Crippen LogP contribution in [0.4, 0.5) is 10.1 Å². The zero-order chi connectivity index (χ0) is 18.2. The van der Waals surface area contributed by atoms with Crippen LogP contribution in [-0.4, -0.2) is 28.7 Å². The maximum Gasteiger partial charge on any atom is 0.268 e. The summed E-state index contributed by atoms with van der Waals surface area (Å²) < 4.78 is 52.2. The van der Waals surface area contributed by atoms with Crippen molar-refractivity contribution in [2.75, 3.05) is 18.5 Å². The molecule has 0 N–H and O–H groups in total. The lowest BCUT2D eigenvalue weighted by Crippen LogP contribution is -2.42. The van der Waals surface area contributed by atoms with E-state index in [9.17, 15) is 12.8 Å². The smallest absolute Gasteiger partial charge is 0.268 e. The third-order valence-corrected chi connectivity index (χ3v) is 6.37. The molecule has 0 aromatic heterocycles. The maximum absolute atomic E-state index is 13.8. The Hall–Kier alpha value is -2.28. The van der Waals surface area contributed by atoms with Crippen LogP contribution in [0.25, 0.3) is 0 Å². The summed E-state index contributed by atoms with van der Waals surface area (Å²) in [5.74, 6) is 0.158. The average Bonchev–Trinajstić information content (AvgIpc) is 2.60. The molecule has 25 heavy (non-hydrogen) atoms.